The second-order valence-electron chi connectivity index (χ2n) is 4.10. The molecule has 1 aromatic heterocycles. The van der Waals surface area contributed by atoms with E-state index in [0.29, 0.717) is 10.8 Å². The van der Waals surface area contributed by atoms with E-state index in [1.54, 1.807) is 12.1 Å². The molecule has 1 aliphatic rings. The average molecular weight is 362 g/mol. The molecule has 1 aliphatic carbocycles. The smallest absolute Gasteiger partial charge is 0.250 e. The lowest BCUT2D eigenvalue weighted by molar-refractivity contribution is 0.251. The summed E-state index contributed by atoms with van der Waals surface area (Å²) in [7, 11) is -3.39. The monoisotopic (exact) mass is 360 g/mol. The van der Waals surface area contributed by atoms with Gasteiger partial charge in [0.15, 0.2) is 0 Å². The molecule has 0 spiro atoms. The largest absolute Gasteiger partial charge is 0.324 e. The zero-order chi connectivity index (χ0) is 11.8. The zero-order valence-electron chi connectivity index (χ0n) is 8.98. The van der Waals surface area contributed by atoms with E-state index >= 15 is 0 Å². The number of nitrogens with one attached hydrogen (secondary N) is 1. The molecule has 0 aliphatic heterocycles. The van der Waals surface area contributed by atoms with E-state index in [0.717, 1.165) is 23.0 Å². The molecule has 17 heavy (non-hydrogen) atoms. The average Bonchev–Trinajstić information content (AvgIpc) is 2.60. The molecule has 0 unspecified atom stereocenters. The summed E-state index contributed by atoms with van der Waals surface area (Å²) >= 11 is 4.44. The number of sulfonamides is 1. The predicted octanol–water partition coefficient (Wildman–Crippen LogP) is 2.09. The second kappa shape index (κ2) is 5.54. The van der Waals surface area contributed by atoms with E-state index in [4.69, 9.17) is 5.73 Å². The van der Waals surface area contributed by atoms with Gasteiger partial charge in [0, 0.05) is 12.1 Å². The molecule has 1 aromatic rings. The van der Waals surface area contributed by atoms with Crippen LogP contribution in [-0.2, 0) is 10.0 Å². The fraction of sp³-hybridized carbons (Fsp3) is 0.556. The van der Waals surface area contributed by atoms with Gasteiger partial charge in [0.1, 0.15) is 4.21 Å². The molecule has 0 radical (unpaired) electrons. The molecule has 1 fully saturated rings. The van der Waals surface area contributed by atoms with Crippen molar-refractivity contribution < 1.29 is 8.42 Å². The minimum absolute atomic E-state index is 0. The third kappa shape index (κ3) is 3.65. The molecule has 0 atom stereocenters. The standard InChI is InChI=1S/C9H13BrN2O2S2.ClH/c10-7-2-3-8(15-7)16(13,14)12-6-9(11)4-1-5-9;/h2-3,12H,1,4-6,11H2;1H. The van der Waals surface area contributed by atoms with Gasteiger partial charge in [0.05, 0.1) is 3.79 Å². The van der Waals surface area contributed by atoms with Crippen LogP contribution in [0.1, 0.15) is 19.3 Å². The minimum atomic E-state index is -3.39. The van der Waals surface area contributed by atoms with Gasteiger partial charge >= 0.3 is 0 Å². The third-order valence-corrected chi connectivity index (χ3v) is 6.29. The van der Waals surface area contributed by atoms with Crippen molar-refractivity contribution >= 4 is 49.7 Å². The molecule has 0 bridgehead atoms. The van der Waals surface area contributed by atoms with Gasteiger partial charge in [-0.1, -0.05) is 0 Å². The molecular weight excluding hydrogens is 348 g/mol. The highest BCUT2D eigenvalue weighted by Crippen LogP contribution is 2.30. The predicted molar refractivity (Wildman–Crippen MR) is 75.2 cm³/mol. The number of hydrogen-bond acceptors (Lipinski definition) is 4. The fourth-order valence-corrected chi connectivity index (χ4v) is 4.75. The molecule has 98 valence electrons. The normalized spacial score (nSPS) is 18.2. The summed E-state index contributed by atoms with van der Waals surface area (Å²) in [6.45, 7) is 0.324. The second-order valence-corrected chi connectivity index (χ2v) is 8.56. The fourth-order valence-electron chi connectivity index (χ4n) is 1.56. The van der Waals surface area contributed by atoms with Crippen molar-refractivity contribution in [3.63, 3.8) is 0 Å². The Morgan fingerprint density at radius 1 is 1.47 bits per heavy atom. The van der Waals surface area contributed by atoms with Crippen molar-refractivity contribution in [2.24, 2.45) is 5.73 Å². The van der Waals surface area contributed by atoms with Gasteiger partial charge in [0.2, 0.25) is 10.0 Å². The van der Waals surface area contributed by atoms with Crippen LogP contribution in [0.5, 0.6) is 0 Å². The Hall–Kier alpha value is 0.340. The van der Waals surface area contributed by atoms with Crippen LogP contribution >= 0.6 is 39.7 Å². The highest BCUT2D eigenvalue weighted by molar-refractivity contribution is 9.11. The van der Waals surface area contributed by atoms with Gasteiger partial charge in [-0.15, -0.1) is 23.7 Å². The topological polar surface area (TPSA) is 72.2 Å². The van der Waals surface area contributed by atoms with Crippen LogP contribution in [0.25, 0.3) is 0 Å². The highest BCUT2D eigenvalue weighted by Gasteiger charge is 2.33. The summed E-state index contributed by atoms with van der Waals surface area (Å²) in [5.74, 6) is 0. The van der Waals surface area contributed by atoms with Gasteiger partial charge in [-0.05, 0) is 47.3 Å². The Kier molecular flexibility index (Phi) is 5.02. The number of nitrogens with two attached hydrogens (primary N) is 1. The first-order chi connectivity index (χ1) is 7.41. The van der Waals surface area contributed by atoms with Crippen LogP contribution in [0, 0.1) is 0 Å². The van der Waals surface area contributed by atoms with Crippen molar-refractivity contribution in [3.05, 3.63) is 15.9 Å². The van der Waals surface area contributed by atoms with Crippen molar-refractivity contribution in [2.75, 3.05) is 6.54 Å². The summed E-state index contributed by atoms with van der Waals surface area (Å²) in [5, 5.41) is 0. The van der Waals surface area contributed by atoms with Crippen LogP contribution in [0.2, 0.25) is 0 Å². The summed E-state index contributed by atoms with van der Waals surface area (Å²) in [4.78, 5) is 0. The molecular formula is C9H14BrClN2O2S2. The number of rotatable bonds is 4. The molecule has 8 heteroatoms. The lowest BCUT2D eigenvalue weighted by Gasteiger charge is -2.37. The third-order valence-electron chi connectivity index (χ3n) is 2.78. The Labute approximate surface area is 120 Å². The van der Waals surface area contributed by atoms with Gasteiger partial charge < -0.3 is 5.73 Å². The van der Waals surface area contributed by atoms with E-state index in [-0.39, 0.29) is 17.9 Å². The van der Waals surface area contributed by atoms with E-state index in [1.165, 1.54) is 11.3 Å². The molecule has 0 amide bonds. The Morgan fingerprint density at radius 3 is 2.53 bits per heavy atom. The van der Waals surface area contributed by atoms with E-state index < -0.39 is 10.0 Å². The Bertz CT molecular complexity index is 485. The Balaban J connectivity index is 0.00000144. The van der Waals surface area contributed by atoms with Crippen LogP contribution < -0.4 is 10.5 Å². The molecule has 4 nitrogen and oxygen atoms in total. The molecule has 0 saturated heterocycles. The van der Waals surface area contributed by atoms with Crippen molar-refractivity contribution in [1.82, 2.24) is 4.72 Å². The maximum absolute atomic E-state index is 11.9. The Morgan fingerprint density at radius 2 is 2.12 bits per heavy atom. The highest BCUT2D eigenvalue weighted by atomic mass is 79.9. The first kappa shape index (κ1) is 15.4. The lowest BCUT2D eigenvalue weighted by atomic mass is 9.78. The van der Waals surface area contributed by atoms with Gasteiger partial charge in [-0.2, -0.15) is 0 Å². The molecule has 1 heterocycles. The number of thiophene rings is 1. The lowest BCUT2D eigenvalue weighted by Crippen LogP contribution is -2.54. The van der Waals surface area contributed by atoms with Gasteiger partial charge in [-0.3, -0.25) is 0 Å². The van der Waals surface area contributed by atoms with Crippen LogP contribution in [-0.4, -0.2) is 20.5 Å². The zero-order valence-corrected chi connectivity index (χ0v) is 13.0. The SMILES string of the molecule is Cl.NC1(CNS(=O)(=O)c2ccc(Br)s2)CCC1. The molecule has 0 aromatic carbocycles. The van der Waals surface area contributed by atoms with E-state index in [2.05, 4.69) is 20.7 Å². The summed E-state index contributed by atoms with van der Waals surface area (Å²) < 4.78 is 27.4. The van der Waals surface area contributed by atoms with Gasteiger partial charge in [-0.25, -0.2) is 13.1 Å². The van der Waals surface area contributed by atoms with Crippen LogP contribution in [0.4, 0.5) is 0 Å². The number of halogens is 2. The van der Waals surface area contributed by atoms with Crippen molar-refractivity contribution in [1.29, 1.82) is 0 Å². The first-order valence-electron chi connectivity index (χ1n) is 4.95. The van der Waals surface area contributed by atoms with Crippen molar-refractivity contribution in [3.8, 4) is 0 Å². The molecule has 1 saturated carbocycles. The number of hydrogen-bond donors (Lipinski definition) is 2. The first-order valence-corrected chi connectivity index (χ1v) is 8.05. The minimum Gasteiger partial charge on any atom is -0.324 e. The van der Waals surface area contributed by atoms with E-state index in [9.17, 15) is 8.42 Å². The quantitative estimate of drug-likeness (QED) is 0.862. The molecule has 3 N–H and O–H groups in total. The summed E-state index contributed by atoms with van der Waals surface area (Å²) in [5.41, 5.74) is 5.63. The van der Waals surface area contributed by atoms with Crippen molar-refractivity contribution in [2.45, 2.75) is 29.0 Å². The molecule has 2 rings (SSSR count). The summed E-state index contributed by atoms with van der Waals surface area (Å²) in [6, 6.07) is 3.31. The maximum Gasteiger partial charge on any atom is 0.250 e. The van der Waals surface area contributed by atoms with Crippen LogP contribution in [0.15, 0.2) is 20.1 Å². The summed E-state index contributed by atoms with van der Waals surface area (Å²) in [6.07, 6.45) is 2.87. The maximum atomic E-state index is 11.9. The van der Waals surface area contributed by atoms with Gasteiger partial charge in [0.25, 0.3) is 0 Å². The van der Waals surface area contributed by atoms with Crippen LogP contribution in [0.3, 0.4) is 0 Å². The van der Waals surface area contributed by atoms with E-state index in [1.807, 2.05) is 0 Å².